The van der Waals surface area contributed by atoms with Gasteiger partial charge in [-0.15, -0.1) is 11.3 Å². The molecule has 2 aromatic heterocycles. The second kappa shape index (κ2) is 4.85. The standard InChI is InChI=1S/C15H18N2OS/c1-3-12-6-7-14(19-12)15(18)17-10-9-16-8-4-5-13(16)11(17)2/h4-8,11H,3,9-10H2,1-2H3/t11-/m0/s1. The average Bonchev–Trinajstić information content (AvgIpc) is 3.07. The smallest absolute Gasteiger partial charge is 0.264 e. The molecule has 0 saturated heterocycles. The van der Waals surface area contributed by atoms with Crippen LogP contribution in [0.3, 0.4) is 0 Å². The summed E-state index contributed by atoms with van der Waals surface area (Å²) in [5.41, 5.74) is 1.23. The van der Waals surface area contributed by atoms with Gasteiger partial charge in [0.25, 0.3) is 5.91 Å². The molecule has 4 heteroatoms. The van der Waals surface area contributed by atoms with Crippen LogP contribution in [0.15, 0.2) is 30.5 Å². The summed E-state index contributed by atoms with van der Waals surface area (Å²) in [4.78, 5) is 16.7. The molecule has 100 valence electrons. The lowest BCUT2D eigenvalue weighted by atomic mass is 10.1. The molecule has 0 saturated carbocycles. The van der Waals surface area contributed by atoms with Crippen molar-refractivity contribution >= 4 is 17.2 Å². The van der Waals surface area contributed by atoms with Gasteiger partial charge in [-0.3, -0.25) is 4.79 Å². The summed E-state index contributed by atoms with van der Waals surface area (Å²) in [6.07, 6.45) is 3.09. The predicted octanol–water partition coefficient (Wildman–Crippen LogP) is 3.33. The Morgan fingerprint density at radius 1 is 1.37 bits per heavy atom. The number of aryl methyl sites for hydroxylation is 1. The molecule has 1 atom stereocenters. The van der Waals surface area contributed by atoms with E-state index in [9.17, 15) is 4.79 Å². The van der Waals surface area contributed by atoms with Crippen LogP contribution in [0, 0.1) is 0 Å². The van der Waals surface area contributed by atoms with Crippen LogP contribution in [-0.2, 0) is 13.0 Å². The van der Waals surface area contributed by atoms with E-state index in [0.717, 1.165) is 24.4 Å². The summed E-state index contributed by atoms with van der Waals surface area (Å²) < 4.78 is 2.24. The van der Waals surface area contributed by atoms with Crippen molar-refractivity contribution < 1.29 is 4.79 Å². The number of hydrogen-bond donors (Lipinski definition) is 0. The molecule has 0 N–H and O–H groups in total. The van der Waals surface area contributed by atoms with Gasteiger partial charge in [0.05, 0.1) is 10.9 Å². The van der Waals surface area contributed by atoms with Crippen molar-refractivity contribution in [2.45, 2.75) is 32.9 Å². The van der Waals surface area contributed by atoms with E-state index in [1.165, 1.54) is 10.6 Å². The third-order valence-electron chi connectivity index (χ3n) is 3.82. The van der Waals surface area contributed by atoms with E-state index in [1.807, 2.05) is 11.0 Å². The number of aromatic nitrogens is 1. The van der Waals surface area contributed by atoms with Gasteiger partial charge in [-0.25, -0.2) is 0 Å². The van der Waals surface area contributed by atoms with Gasteiger partial charge in [-0.1, -0.05) is 6.92 Å². The second-order valence-electron chi connectivity index (χ2n) is 4.92. The molecule has 19 heavy (non-hydrogen) atoms. The van der Waals surface area contributed by atoms with E-state index in [-0.39, 0.29) is 11.9 Å². The first-order chi connectivity index (χ1) is 9.20. The topological polar surface area (TPSA) is 25.2 Å². The zero-order valence-electron chi connectivity index (χ0n) is 11.3. The van der Waals surface area contributed by atoms with Crippen molar-refractivity contribution in [1.29, 1.82) is 0 Å². The molecule has 0 aromatic carbocycles. The second-order valence-corrected chi connectivity index (χ2v) is 6.09. The van der Waals surface area contributed by atoms with Gasteiger partial charge in [-0.2, -0.15) is 0 Å². The summed E-state index contributed by atoms with van der Waals surface area (Å²) in [6, 6.07) is 8.35. The number of carbonyl (C=O) groups excluding carboxylic acids is 1. The Kier molecular flexibility index (Phi) is 3.19. The third-order valence-corrected chi connectivity index (χ3v) is 5.04. The van der Waals surface area contributed by atoms with Crippen LogP contribution in [0.5, 0.6) is 0 Å². The molecule has 0 bridgehead atoms. The first kappa shape index (κ1) is 12.5. The Bertz CT molecular complexity index is 599. The summed E-state index contributed by atoms with van der Waals surface area (Å²) in [5.74, 6) is 0.171. The SMILES string of the molecule is CCc1ccc(C(=O)N2CCn3cccc3[C@@H]2C)s1. The molecule has 3 rings (SSSR count). The zero-order chi connectivity index (χ0) is 13.4. The number of fused-ring (bicyclic) bond motifs is 1. The molecule has 0 aliphatic carbocycles. The molecule has 1 aliphatic rings. The number of nitrogens with zero attached hydrogens (tertiary/aromatic N) is 2. The first-order valence-corrected chi connectivity index (χ1v) is 7.57. The molecule has 0 unspecified atom stereocenters. The molecule has 1 amide bonds. The summed E-state index contributed by atoms with van der Waals surface area (Å²) in [5, 5.41) is 0. The molecule has 0 spiro atoms. The fourth-order valence-corrected chi connectivity index (χ4v) is 3.58. The number of carbonyl (C=O) groups is 1. The lowest BCUT2D eigenvalue weighted by molar-refractivity contribution is 0.0649. The van der Waals surface area contributed by atoms with E-state index >= 15 is 0 Å². The molecular formula is C15H18N2OS. The first-order valence-electron chi connectivity index (χ1n) is 6.75. The van der Waals surface area contributed by atoms with Crippen molar-refractivity contribution in [2.24, 2.45) is 0 Å². The number of rotatable bonds is 2. The molecular weight excluding hydrogens is 256 g/mol. The van der Waals surface area contributed by atoms with Crippen LogP contribution in [-0.4, -0.2) is 21.9 Å². The van der Waals surface area contributed by atoms with Crippen LogP contribution in [0.25, 0.3) is 0 Å². The maximum atomic E-state index is 12.6. The normalized spacial score (nSPS) is 18.4. The van der Waals surface area contributed by atoms with Crippen molar-refractivity contribution in [3.05, 3.63) is 45.9 Å². The minimum Gasteiger partial charge on any atom is -0.348 e. The Hall–Kier alpha value is -1.55. The molecule has 3 nitrogen and oxygen atoms in total. The van der Waals surface area contributed by atoms with Crippen LogP contribution in [0.2, 0.25) is 0 Å². The number of amides is 1. The fourth-order valence-electron chi connectivity index (χ4n) is 2.68. The maximum absolute atomic E-state index is 12.6. The maximum Gasteiger partial charge on any atom is 0.264 e. The monoisotopic (exact) mass is 274 g/mol. The Balaban J connectivity index is 1.85. The lowest BCUT2D eigenvalue weighted by Crippen LogP contribution is -2.40. The van der Waals surface area contributed by atoms with Gasteiger partial charge in [0.15, 0.2) is 0 Å². The van der Waals surface area contributed by atoms with Gasteiger partial charge < -0.3 is 9.47 Å². The van der Waals surface area contributed by atoms with Crippen LogP contribution in [0.4, 0.5) is 0 Å². The minimum atomic E-state index is 0.156. The molecule has 3 heterocycles. The molecule has 0 fully saturated rings. The number of thiophene rings is 1. The minimum absolute atomic E-state index is 0.156. The summed E-state index contributed by atoms with van der Waals surface area (Å²) in [7, 11) is 0. The lowest BCUT2D eigenvalue weighted by Gasteiger charge is -2.34. The van der Waals surface area contributed by atoms with Crippen molar-refractivity contribution in [3.8, 4) is 0 Å². The van der Waals surface area contributed by atoms with Crippen LogP contribution < -0.4 is 0 Å². The van der Waals surface area contributed by atoms with E-state index in [1.54, 1.807) is 11.3 Å². The quantitative estimate of drug-likeness (QED) is 0.824. The zero-order valence-corrected chi connectivity index (χ0v) is 12.1. The Morgan fingerprint density at radius 2 is 2.21 bits per heavy atom. The third kappa shape index (κ3) is 2.10. The van der Waals surface area contributed by atoms with Crippen LogP contribution in [0.1, 0.15) is 40.1 Å². The van der Waals surface area contributed by atoms with Gasteiger partial charge in [0.2, 0.25) is 0 Å². The highest BCUT2D eigenvalue weighted by Gasteiger charge is 2.28. The van der Waals surface area contributed by atoms with Crippen molar-refractivity contribution in [2.75, 3.05) is 6.54 Å². The van der Waals surface area contributed by atoms with Crippen LogP contribution >= 0.6 is 11.3 Å². The van der Waals surface area contributed by atoms with Crippen molar-refractivity contribution in [3.63, 3.8) is 0 Å². The molecule has 0 radical (unpaired) electrons. The highest BCUT2D eigenvalue weighted by atomic mass is 32.1. The van der Waals surface area contributed by atoms with Gasteiger partial charge in [0, 0.05) is 29.9 Å². The highest BCUT2D eigenvalue weighted by Crippen LogP contribution is 2.28. The van der Waals surface area contributed by atoms with E-state index in [4.69, 9.17) is 0 Å². The van der Waals surface area contributed by atoms with E-state index in [0.29, 0.717) is 0 Å². The Labute approximate surface area is 117 Å². The van der Waals surface area contributed by atoms with E-state index in [2.05, 4.69) is 42.8 Å². The highest BCUT2D eigenvalue weighted by molar-refractivity contribution is 7.14. The van der Waals surface area contributed by atoms with E-state index < -0.39 is 0 Å². The summed E-state index contributed by atoms with van der Waals surface area (Å²) in [6.45, 7) is 5.92. The summed E-state index contributed by atoms with van der Waals surface area (Å²) >= 11 is 1.62. The predicted molar refractivity (Wildman–Crippen MR) is 77.6 cm³/mol. The van der Waals surface area contributed by atoms with Gasteiger partial charge in [-0.05, 0) is 37.6 Å². The molecule has 1 aliphatic heterocycles. The average molecular weight is 274 g/mol. The Morgan fingerprint density at radius 3 is 2.95 bits per heavy atom. The fraction of sp³-hybridized carbons (Fsp3) is 0.400. The number of hydrogen-bond acceptors (Lipinski definition) is 2. The largest absolute Gasteiger partial charge is 0.348 e. The van der Waals surface area contributed by atoms with Crippen molar-refractivity contribution in [1.82, 2.24) is 9.47 Å². The van der Waals surface area contributed by atoms with Gasteiger partial charge >= 0.3 is 0 Å². The molecule has 2 aromatic rings. The van der Waals surface area contributed by atoms with Gasteiger partial charge in [0.1, 0.15) is 0 Å².